The molecule has 0 heterocycles. The van der Waals surface area contributed by atoms with E-state index in [1.165, 1.54) is 12.1 Å². The fraction of sp³-hybridized carbons (Fsp3) is 0.0952. The average molecular weight is 319 g/mol. The monoisotopic (exact) mass is 319 g/mol. The van der Waals surface area contributed by atoms with Crippen LogP contribution in [0.4, 0.5) is 10.1 Å². The van der Waals surface area contributed by atoms with E-state index in [9.17, 15) is 9.18 Å². The minimum atomic E-state index is -0.365. The van der Waals surface area contributed by atoms with Gasteiger partial charge in [0, 0.05) is 18.0 Å². The van der Waals surface area contributed by atoms with Gasteiger partial charge in [-0.2, -0.15) is 0 Å². The van der Waals surface area contributed by atoms with Gasteiger partial charge in [-0.15, -0.1) is 0 Å². The van der Waals surface area contributed by atoms with Gasteiger partial charge in [0.05, 0.1) is 0 Å². The molecular formula is C21H18FNO. The molecule has 0 radical (unpaired) electrons. The second kappa shape index (κ2) is 7.55. The zero-order valence-electron chi connectivity index (χ0n) is 13.2. The van der Waals surface area contributed by atoms with Gasteiger partial charge < -0.3 is 5.32 Å². The van der Waals surface area contributed by atoms with Gasteiger partial charge in [-0.1, -0.05) is 66.7 Å². The van der Waals surface area contributed by atoms with E-state index in [0.717, 1.165) is 11.1 Å². The van der Waals surface area contributed by atoms with Crippen LogP contribution in [0.5, 0.6) is 0 Å². The van der Waals surface area contributed by atoms with Crippen molar-refractivity contribution >= 4 is 11.6 Å². The summed E-state index contributed by atoms with van der Waals surface area (Å²) >= 11 is 0. The van der Waals surface area contributed by atoms with Crippen LogP contribution in [0.3, 0.4) is 0 Å². The third-order valence-electron chi connectivity index (χ3n) is 3.90. The standard InChI is InChI=1S/C21H18FNO/c22-18-12-7-13-19(14-18)23-21(24)15-20(16-8-3-1-4-9-16)17-10-5-2-6-11-17/h1-14,20H,15H2,(H,23,24). The Kier molecular flexibility index (Phi) is 5.02. The third kappa shape index (κ3) is 4.07. The average Bonchev–Trinajstić information content (AvgIpc) is 2.61. The van der Waals surface area contributed by atoms with E-state index in [-0.39, 0.29) is 17.6 Å². The number of hydrogen-bond acceptors (Lipinski definition) is 1. The summed E-state index contributed by atoms with van der Waals surface area (Å²) in [7, 11) is 0. The number of halogens is 1. The highest BCUT2D eigenvalue weighted by Gasteiger charge is 2.18. The Morgan fingerprint density at radius 2 is 1.42 bits per heavy atom. The van der Waals surface area contributed by atoms with Crippen molar-refractivity contribution in [2.24, 2.45) is 0 Å². The van der Waals surface area contributed by atoms with Gasteiger partial charge in [-0.05, 0) is 29.3 Å². The summed E-state index contributed by atoms with van der Waals surface area (Å²) in [5.74, 6) is -0.547. The fourth-order valence-corrected chi connectivity index (χ4v) is 2.76. The van der Waals surface area contributed by atoms with Crippen LogP contribution in [0.25, 0.3) is 0 Å². The van der Waals surface area contributed by atoms with Gasteiger partial charge in [-0.3, -0.25) is 4.79 Å². The molecule has 24 heavy (non-hydrogen) atoms. The topological polar surface area (TPSA) is 29.1 Å². The highest BCUT2D eigenvalue weighted by atomic mass is 19.1. The summed E-state index contributed by atoms with van der Waals surface area (Å²) in [6.45, 7) is 0. The molecule has 0 aliphatic heterocycles. The van der Waals surface area contributed by atoms with Crippen LogP contribution in [-0.2, 0) is 4.79 Å². The van der Waals surface area contributed by atoms with Gasteiger partial charge in [0.25, 0.3) is 0 Å². The molecule has 0 aliphatic carbocycles. The molecule has 3 rings (SSSR count). The van der Waals surface area contributed by atoms with Crippen LogP contribution in [0.1, 0.15) is 23.5 Å². The highest BCUT2D eigenvalue weighted by Crippen LogP contribution is 2.28. The minimum absolute atomic E-state index is 0.0408. The molecule has 1 N–H and O–H groups in total. The summed E-state index contributed by atoms with van der Waals surface area (Å²) < 4.78 is 13.3. The number of amides is 1. The largest absolute Gasteiger partial charge is 0.326 e. The lowest BCUT2D eigenvalue weighted by Gasteiger charge is -2.18. The third-order valence-corrected chi connectivity index (χ3v) is 3.90. The molecule has 0 atom stereocenters. The lowest BCUT2D eigenvalue weighted by atomic mass is 9.88. The van der Waals surface area contributed by atoms with Crippen LogP contribution < -0.4 is 5.32 Å². The van der Waals surface area contributed by atoms with E-state index in [0.29, 0.717) is 12.1 Å². The van der Waals surface area contributed by atoms with Crippen molar-refractivity contribution in [3.63, 3.8) is 0 Å². The van der Waals surface area contributed by atoms with Gasteiger partial charge in [0.2, 0.25) is 5.91 Å². The molecule has 1 amide bonds. The first-order valence-electron chi connectivity index (χ1n) is 7.87. The molecule has 0 spiro atoms. The summed E-state index contributed by atoms with van der Waals surface area (Å²) in [6, 6.07) is 25.8. The van der Waals surface area contributed by atoms with Crippen molar-refractivity contribution < 1.29 is 9.18 Å². The fourth-order valence-electron chi connectivity index (χ4n) is 2.76. The van der Waals surface area contributed by atoms with E-state index >= 15 is 0 Å². The van der Waals surface area contributed by atoms with E-state index in [1.54, 1.807) is 12.1 Å². The first kappa shape index (κ1) is 15.9. The number of benzene rings is 3. The van der Waals surface area contributed by atoms with Crippen LogP contribution in [0.15, 0.2) is 84.9 Å². The summed E-state index contributed by atoms with van der Waals surface area (Å²) in [5.41, 5.74) is 2.64. The Morgan fingerprint density at radius 3 is 1.96 bits per heavy atom. The van der Waals surface area contributed by atoms with E-state index in [4.69, 9.17) is 0 Å². The first-order chi connectivity index (χ1) is 11.7. The Hall–Kier alpha value is -2.94. The normalized spacial score (nSPS) is 10.6. The van der Waals surface area contributed by atoms with Crippen molar-refractivity contribution in [1.29, 1.82) is 0 Å². The molecule has 0 saturated carbocycles. The number of carbonyl (C=O) groups excluding carboxylic acids is 1. The second-order valence-electron chi connectivity index (χ2n) is 5.64. The van der Waals surface area contributed by atoms with Crippen molar-refractivity contribution in [1.82, 2.24) is 0 Å². The molecule has 0 saturated heterocycles. The molecule has 2 nitrogen and oxygen atoms in total. The number of rotatable bonds is 5. The molecule has 3 aromatic rings. The van der Waals surface area contributed by atoms with Crippen LogP contribution in [-0.4, -0.2) is 5.91 Å². The Morgan fingerprint density at radius 1 is 0.833 bits per heavy atom. The van der Waals surface area contributed by atoms with Gasteiger partial charge in [-0.25, -0.2) is 4.39 Å². The van der Waals surface area contributed by atoms with Crippen LogP contribution >= 0.6 is 0 Å². The summed E-state index contributed by atoms with van der Waals surface area (Å²) in [4.78, 5) is 12.4. The van der Waals surface area contributed by atoms with Crippen molar-refractivity contribution in [3.05, 3.63) is 102 Å². The lowest BCUT2D eigenvalue weighted by Crippen LogP contribution is -2.16. The van der Waals surface area contributed by atoms with Gasteiger partial charge >= 0.3 is 0 Å². The number of carbonyl (C=O) groups is 1. The second-order valence-corrected chi connectivity index (χ2v) is 5.64. The SMILES string of the molecule is O=C(CC(c1ccccc1)c1ccccc1)Nc1cccc(F)c1. The zero-order chi connectivity index (χ0) is 16.8. The maximum absolute atomic E-state index is 13.3. The van der Waals surface area contributed by atoms with E-state index in [2.05, 4.69) is 5.32 Å². The Balaban J connectivity index is 1.80. The van der Waals surface area contributed by atoms with Gasteiger partial charge in [0.15, 0.2) is 0 Å². The molecule has 0 unspecified atom stereocenters. The summed E-state index contributed by atoms with van der Waals surface area (Å²) in [5, 5.41) is 2.77. The van der Waals surface area contributed by atoms with Crippen molar-refractivity contribution in [2.45, 2.75) is 12.3 Å². The summed E-state index contributed by atoms with van der Waals surface area (Å²) in [6.07, 6.45) is 0.296. The molecule has 0 aromatic heterocycles. The molecule has 3 aromatic carbocycles. The van der Waals surface area contributed by atoms with Crippen LogP contribution in [0, 0.1) is 5.82 Å². The van der Waals surface area contributed by atoms with E-state index < -0.39 is 0 Å². The number of hydrogen-bond donors (Lipinski definition) is 1. The van der Waals surface area contributed by atoms with Crippen molar-refractivity contribution in [2.75, 3.05) is 5.32 Å². The lowest BCUT2D eigenvalue weighted by molar-refractivity contribution is -0.116. The van der Waals surface area contributed by atoms with E-state index in [1.807, 2.05) is 60.7 Å². The highest BCUT2D eigenvalue weighted by molar-refractivity contribution is 5.91. The zero-order valence-corrected chi connectivity index (χ0v) is 13.2. The predicted octanol–water partition coefficient (Wildman–Crippen LogP) is 4.99. The smallest absolute Gasteiger partial charge is 0.225 e. The Labute approximate surface area is 141 Å². The predicted molar refractivity (Wildman–Crippen MR) is 94.4 cm³/mol. The molecule has 0 bridgehead atoms. The maximum atomic E-state index is 13.3. The molecule has 0 fully saturated rings. The van der Waals surface area contributed by atoms with Crippen molar-refractivity contribution in [3.8, 4) is 0 Å². The Bertz CT molecular complexity index is 763. The molecule has 120 valence electrons. The molecule has 3 heteroatoms. The molecular weight excluding hydrogens is 301 g/mol. The molecule has 0 aliphatic rings. The van der Waals surface area contributed by atoms with Gasteiger partial charge in [0.1, 0.15) is 5.82 Å². The number of anilines is 1. The number of nitrogens with one attached hydrogen (secondary N) is 1. The first-order valence-corrected chi connectivity index (χ1v) is 7.87. The minimum Gasteiger partial charge on any atom is -0.326 e. The maximum Gasteiger partial charge on any atom is 0.225 e. The van der Waals surface area contributed by atoms with Crippen LogP contribution in [0.2, 0.25) is 0 Å². The quantitative estimate of drug-likeness (QED) is 0.705.